The Kier molecular flexibility index (Phi) is 8.27. The number of benzene rings is 1. The van der Waals surface area contributed by atoms with Gasteiger partial charge in [-0.15, -0.1) is 10.2 Å². The van der Waals surface area contributed by atoms with E-state index in [1.807, 2.05) is 24.3 Å². The smallest absolute Gasteiger partial charge is 0.247 e. The van der Waals surface area contributed by atoms with Gasteiger partial charge >= 0.3 is 0 Å². The SMILES string of the molecule is COc1ccc(-c2nnc(CC3CC(C(C)C)C(CNCCN(C)C)C=C3C)o2)cc1. The lowest BCUT2D eigenvalue weighted by atomic mass is 9.70. The number of nitrogens with one attached hydrogen (secondary N) is 1. The molecule has 31 heavy (non-hydrogen) atoms. The highest BCUT2D eigenvalue weighted by molar-refractivity contribution is 5.53. The molecule has 3 atom stereocenters. The van der Waals surface area contributed by atoms with Crippen LogP contribution in [0.2, 0.25) is 0 Å². The van der Waals surface area contributed by atoms with E-state index in [9.17, 15) is 0 Å². The monoisotopic (exact) mass is 426 g/mol. The van der Waals surface area contributed by atoms with Crippen molar-refractivity contribution >= 4 is 0 Å². The molecule has 0 bridgehead atoms. The normalized spacial score (nSPS) is 21.5. The number of allylic oxidation sites excluding steroid dienone is 1. The zero-order valence-corrected chi connectivity index (χ0v) is 19.9. The number of hydrogen-bond acceptors (Lipinski definition) is 6. The summed E-state index contributed by atoms with van der Waals surface area (Å²) in [5, 5.41) is 12.3. The molecule has 0 spiro atoms. The Bertz CT molecular complexity index is 841. The van der Waals surface area contributed by atoms with Crippen LogP contribution in [-0.2, 0) is 6.42 Å². The minimum atomic E-state index is 0.453. The predicted octanol–water partition coefficient (Wildman–Crippen LogP) is 4.29. The Morgan fingerprint density at radius 1 is 1.19 bits per heavy atom. The number of likely N-dealkylation sites (N-methyl/N-ethyl adjacent to an activating group) is 1. The molecule has 1 aliphatic rings. The lowest BCUT2D eigenvalue weighted by Crippen LogP contribution is -2.37. The fourth-order valence-corrected chi connectivity index (χ4v) is 4.48. The molecule has 3 rings (SSSR count). The van der Waals surface area contributed by atoms with E-state index in [1.54, 1.807) is 7.11 Å². The topological polar surface area (TPSA) is 63.4 Å². The van der Waals surface area contributed by atoms with Crippen LogP contribution in [0.25, 0.3) is 11.5 Å². The molecule has 0 saturated carbocycles. The maximum absolute atomic E-state index is 6.01. The quantitative estimate of drug-likeness (QED) is 0.452. The van der Waals surface area contributed by atoms with Crippen molar-refractivity contribution < 1.29 is 9.15 Å². The number of ether oxygens (including phenoxy) is 1. The van der Waals surface area contributed by atoms with Gasteiger partial charge in [0, 0.05) is 31.6 Å². The first-order valence-electron chi connectivity index (χ1n) is 11.4. The van der Waals surface area contributed by atoms with E-state index in [0.717, 1.165) is 37.4 Å². The van der Waals surface area contributed by atoms with E-state index in [0.29, 0.717) is 35.5 Å². The van der Waals surface area contributed by atoms with Crippen molar-refractivity contribution in [3.8, 4) is 17.2 Å². The van der Waals surface area contributed by atoms with Crippen molar-refractivity contribution in [3.05, 3.63) is 41.8 Å². The van der Waals surface area contributed by atoms with Gasteiger partial charge < -0.3 is 19.4 Å². The summed E-state index contributed by atoms with van der Waals surface area (Å²) in [7, 11) is 5.89. The van der Waals surface area contributed by atoms with Crippen molar-refractivity contribution in [2.45, 2.75) is 33.6 Å². The second kappa shape index (κ2) is 10.9. The molecule has 3 unspecified atom stereocenters. The second-order valence-corrected chi connectivity index (χ2v) is 9.36. The highest BCUT2D eigenvalue weighted by Crippen LogP contribution is 2.38. The van der Waals surface area contributed by atoms with Gasteiger partial charge in [0.1, 0.15) is 5.75 Å². The largest absolute Gasteiger partial charge is 0.497 e. The first-order valence-corrected chi connectivity index (χ1v) is 11.4. The van der Waals surface area contributed by atoms with Gasteiger partial charge in [-0.25, -0.2) is 0 Å². The summed E-state index contributed by atoms with van der Waals surface area (Å²) in [6.45, 7) is 10.1. The predicted molar refractivity (Wildman–Crippen MR) is 125 cm³/mol. The third-order valence-electron chi connectivity index (χ3n) is 6.42. The standard InChI is InChI=1S/C25H38N4O2/c1-17(2)23-14-20(18(3)13-21(23)16-26-11-12-29(4)5)15-24-27-28-25(31-24)19-7-9-22(30-6)10-8-19/h7-10,13,17,20-21,23,26H,11-12,14-16H2,1-6H3. The average Bonchev–Trinajstić information content (AvgIpc) is 3.21. The highest BCUT2D eigenvalue weighted by Gasteiger charge is 2.32. The van der Waals surface area contributed by atoms with E-state index in [4.69, 9.17) is 9.15 Å². The lowest BCUT2D eigenvalue weighted by Gasteiger charge is -2.37. The zero-order valence-electron chi connectivity index (χ0n) is 19.9. The average molecular weight is 427 g/mol. The lowest BCUT2D eigenvalue weighted by molar-refractivity contribution is 0.217. The van der Waals surface area contributed by atoms with E-state index in [-0.39, 0.29) is 0 Å². The molecule has 1 heterocycles. The van der Waals surface area contributed by atoms with Crippen LogP contribution in [0.15, 0.2) is 40.3 Å². The summed E-state index contributed by atoms with van der Waals surface area (Å²) in [5.41, 5.74) is 2.36. The van der Waals surface area contributed by atoms with Crippen molar-refractivity contribution in [1.82, 2.24) is 20.4 Å². The summed E-state index contributed by atoms with van der Waals surface area (Å²) >= 11 is 0. The van der Waals surface area contributed by atoms with Gasteiger partial charge in [0.15, 0.2) is 0 Å². The van der Waals surface area contributed by atoms with Crippen LogP contribution in [-0.4, -0.2) is 55.9 Å². The number of aromatic nitrogens is 2. The van der Waals surface area contributed by atoms with Gasteiger partial charge in [0.2, 0.25) is 11.8 Å². The van der Waals surface area contributed by atoms with Gasteiger partial charge in [-0.1, -0.05) is 25.5 Å². The molecule has 170 valence electrons. The molecular formula is C25H38N4O2. The third kappa shape index (κ3) is 6.40. The fraction of sp³-hybridized carbons (Fsp3) is 0.600. The van der Waals surface area contributed by atoms with Gasteiger partial charge in [-0.2, -0.15) is 0 Å². The minimum Gasteiger partial charge on any atom is -0.497 e. The van der Waals surface area contributed by atoms with Crippen LogP contribution in [0, 0.1) is 23.7 Å². The molecule has 1 N–H and O–H groups in total. The molecule has 0 radical (unpaired) electrons. The fourth-order valence-electron chi connectivity index (χ4n) is 4.48. The van der Waals surface area contributed by atoms with Gasteiger partial charge in [-0.3, -0.25) is 0 Å². The molecule has 0 saturated heterocycles. The number of methoxy groups -OCH3 is 1. The Labute approximate surface area is 187 Å². The molecule has 0 fully saturated rings. The van der Waals surface area contributed by atoms with Crippen molar-refractivity contribution in [2.75, 3.05) is 40.8 Å². The van der Waals surface area contributed by atoms with Crippen LogP contribution in [0.5, 0.6) is 5.75 Å². The van der Waals surface area contributed by atoms with Crippen LogP contribution in [0.1, 0.15) is 33.1 Å². The van der Waals surface area contributed by atoms with Crippen LogP contribution in [0.3, 0.4) is 0 Å². The van der Waals surface area contributed by atoms with Crippen LogP contribution >= 0.6 is 0 Å². The molecular weight excluding hydrogens is 388 g/mol. The summed E-state index contributed by atoms with van der Waals surface area (Å²) in [6, 6.07) is 7.72. The maximum atomic E-state index is 6.01. The number of hydrogen-bond donors (Lipinski definition) is 1. The Hall–Kier alpha value is -2.18. The zero-order chi connectivity index (χ0) is 22.4. The Morgan fingerprint density at radius 3 is 2.58 bits per heavy atom. The van der Waals surface area contributed by atoms with E-state index < -0.39 is 0 Å². The minimum absolute atomic E-state index is 0.453. The molecule has 1 aromatic carbocycles. The van der Waals surface area contributed by atoms with E-state index >= 15 is 0 Å². The summed E-state index contributed by atoms with van der Waals surface area (Å²) < 4.78 is 11.2. The molecule has 0 amide bonds. The molecule has 0 aliphatic heterocycles. The van der Waals surface area contributed by atoms with Crippen LogP contribution in [0.4, 0.5) is 0 Å². The number of nitrogens with zero attached hydrogens (tertiary/aromatic N) is 3. The van der Waals surface area contributed by atoms with Gasteiger partial charge in [0.05, 0.1) is 7.11 Å². The Balaban J connectivity index is 1.64. The Morgan fingerprint density at radius 2 is 1.94 bits per heavy atom. The molecule has 6 heteroatoms. The first-order chi connectivity index (χ1) is 14.9. The summed E-state index contributed by atoms with van der Waals surface area (Å²) in [6.07, 6.45) is 4.46. The van der Waals surface area contributed by atoms with Crippen LogP contribution < -0.4 is 10.1 Å². The van der Waals surface area contributed by atoms with E-state index in [1.165, 1.54) is 12.0 Å². The first kappa shape index (κ1) is 23.5. The maximum Gasteiger partial charge on any atom is 0.247 e. The van der Waals surface area contributed by atoms with Crippen molar-refractivity contribution in [1.29, 1.82) is 0 Å². The third-order valence-corrected chi connectivity index (χ3v) is 6.42. The molecule has 6 nitrogen and oxygen atoms in total. The van der Waals surface area contributed by atoms with Gasteiger partial charge in [-0.05, 0) is 75.4 Å². The van der Waals surface area contributed by atoms with Gasteiger partial charge in [0.25, 0.3) is 0 Å². The second-order valence-electron chi connectivity index (χ2n) is 9.36. The summed E-state index contributed by atoms with van der Waals surface area (Å²) in [5.74, 6) is 4.43. The molecule has 1 aliphatic carbocycles. The molecule has 1 aromatic heterocycles. The number of rotatable bonds is 10. The van der Waals surface area contributed by atoms with E-state index in [2.05, 4.69) is 61.4 Å². The van der Waals surface area contributed by atoms with Crippen molar-refractivity contribution in [3.63, 3.8) is 0 Å². The summed E-state index contributed by atoms with van der Waals surface area (Å²) in [4.78, 5) is 2.22. The molecule has 2 aromatic rings. The van der Waals surface area contributed by atoms with Crippen molar-refractivity contribution in [2.24, 2.45) is 23.7 Å². The highest BCUT2D eigenvalue weighted by atomic mass is 16.5.